The molecule has 0 aliphatic heterocycles. The molecule has 1 aliphatic carbocycles. The minimum absolute atomic E-state index is 0.0790. The van der Waals surface area contributed by atoms with Gasteiger partial charge in [0, 0.05) is 25.7 Å². The Kier molecular flexibility index (Phi) is 12.8. The molecule has 0 radical (unpaired) electrons. The molecule has 0 spiro atoms. The van der Waals surface area contributed by atoms with Crippen LogP contribution in [0.25, 0.3) is 0 Å². The van der Waals surface area contributed by atoms with E-state index in [1.807, 2.05) is 0 Å². The molecule has 0 heterocycles. The summed E-state index contributed by atoms with van der Waals surface area (Å²) < 4.78 is 20.8. The quantitative estimate of drug-likeness (QED) is 0.227. The summed E-state index contributed by atoms with van der Waals surface area (Å²) in [5, 5.41) is 0. The fourth-order valence-electron chi connectivity index (χ4n) is 3.58. The zero-order chi connectivity index (χ0) is 25.5. The Bertz CT molecular complexity index is 800. The van der Waals surface area contributed by atoms with Crippen LogP contribution < -0.4 is 0 Å². The summed E-state index contributed by atoms with van der Waals surface area (Å²) in [6.07, 6.45) is 2.33. The normalized spacial score (nSPS) is 17.3. The number of ether oxygens (including phenoxy) is 4. The van der Waals surface area contributed by atoms with Crippen molar-refractivity contribution in [2.75, 3.05) is 26.4 Å². The van der Waals surface area contributed by atoms with E-state index in [0.29, 0.717) is 12.8 Å². The van der Waals surface area contributed by atoms with Crippen molar-refractivity contribution < 1.29 is 38.1 Å². The molecule has 0 aromatic carbocycles. The molecule has 0 aromatic rings. The summed E-state index contributed by atoms with van der Waals surface area (Å²) in [5.74, 6) is 8.71. The Morgan fingerprint density at radius 3 is 1.38 bits per heavy atom. The monoisotopic (exact) mass is 476 g/mol. The van der Waals surface area contributed by atoms with E-state index in [0.717, 1.165) is 12.8 Å². The Hall–Kier alpha value is -3.00. The van der Waals surface area contributed by atoms with Gasteiger partial charge in [0.15, 0.2) is 10.8 Å². The molecule has 0 unspecified atom stereocenters. The SMILES string of the molecule is CCOC(=O)C1(C(=O)OCC)CC#CCCCCCC(C(=O)OCC)(C(=O)OCC)CC#CC1. The number of hydrogen-bond acceptors (Lipinski definition) is 8. The average Bonchev–Trinajstić information content (AvgIpc) is 2.80. The first kappa shape index (κ1) is 29.0. The van der Waals surface area contributed by atoms with Crippen LogP contribution in [0.3, 0.4) is 0 Å². The summed E-state index contributed by atoms with van der Waals surface area (Å²) >= 11 is 0. The van der Waals surface area contributed by atoms with E-state index < -0.39 is 34.7 Å². The minimum atomic E-state index is -1.72. The van der Waals surface area contributed by atoms with Crippen molar-refractivity contribution >= 4 is 23.9 Å². The van der Waals surface area contributed by atoms with E-state index in [2.05, 4.69) is 23.7 Å². The van der Waals surface area contributed by atoms with Crippen LogP contribution in [0, 0.1) is 34.5 Å². The number of carbonyl (C=O) groups excluding carboxylic acids is 4. The van der Waals surface area contributed by atoms with Gasteiger partial charge in [-0.15, -0.1) is 23.7 Å². The third-order valence-corrected chi connectivity index (χ3v) is 5.49. The highest BCUT2D eigenvalue weighted by atomic mass is 16.6. The summed E-state index contributed by atoms with van der Waals surface area (Å²) in [7, 11) is 0. The Morgan fingerprint density at radius 2 is 0.941 bits per heavy atom. The first-order chi connectivity index (χ1) is 16.3. The first-order valence-corrected chi connectivity index (χ1v) is 11.9. The van der Waals surface area contributed by atoms with Crippen LogP contribution in [0.4, 0.5) is 0 Å². The van der Waals surface area contributed by atoms with Gasteiger partial charge in [0.2, 0.25) is 0 Å². The van der Waals surface area contributed by atoms with Gasteiger partial charge in [-0.25, -0.2) is 0 Å². The largest absolute Gasteiger partial charge is 0.465 e. The van der Waals surface area contributed by atoms with Crippen molar-refractivity contribution in [2.24, 2.45) is 10.8 Å². The number of hydrogen-bond donors (Lipinski definition) is 0. The second-order valence-corrected chi connectivity index (χ2v) is 7.84. The molecule has 0 amide bonds. The maximum Gasteiger partial charge on any atom is 0.325 e. The predicted octanol–water partition coefficient (Wildman–Crippen LogP) is 3.35. The van der Waals surface area contributed by atoms with Crippen LogP contribution >= 0.6 is 0 Å². The molecule has 0 N–H and O–H groups in total. The Labute approximate surface area is 202 Å². The molecular formula is C26H36O8. The highest BCUT2D eigenvalue weighted by Gasteiger charge is 2.49. The van der Waals surface area contributed by atoms with E-state index >= 15 is 0 Å². The molecule has 0 bridgehead atoms. The predicted molar refractivity (Wildman–Crippen MR) is 124 cm³/mol. The molecule has 0 fully saturated rings. The lowest BCUT2D eigenvalue weighted by Gasteiger charge is -2.28. The van der Waals surface area contributed by atoms with Gasteiger partial charge in [-0.3, -0.25) is 19.2 Å². The van der Waals surface area contributed by atoms with Crippen molar-refractivity contribution in [3.8, 4) is 23.7 Å². The minimum Gasteiger partial charge on any atom is -0.465 e. The second-order valence-electron chi connectivity index (χ2n) is 7.84. The Morgan fingerprint density at radius 1 is 0.559 bits per heavy atom. The molecule has 1 aliphatic rings. The van der Waals surface area contributed by atoms with Crippen molar-refractivity contribution in [2.45, 2.75) is 79.1 Å². The summed E-state index contributed by atoms with van der Waals surface area (Å²) in [6, 6.07) is 0. The van der Waals surface area contributed by atoms with Gasteiger partial charge in [0.1, 0.15) is 0 Å². The molecule has 0 saturated heterocycles. The molecule has 0 saturated carbocycles. The van der Waals surface area contributed by atoms with Crippen molar-refractivity contribution in [1.29, 1.82) is 0 Å². The lowest BCUT2D eigenvalue weighted by Crippen LogP contribution is -2.42. The van der Waals surface area contributed by atoms with Gasteiger partial charge < -0.3 is 18.9 Å². The number of esters is 4. The molecule has 8 heteroatoms. The van der Waals surface area contributed by atoms with Gasteiger partial charge >= 0.3 is 23.9 Å². The van der Waals surface area contributed by atoms with Crippen molar-refractivity contribution in [3.63, 3.8) is 0 Å². The zero-order valence-corrected chi connectivity index (χ0v) is 20.8. The average molecular weight is 477 g/mol. The third kappa shape index (κ3) is 7.52. The fraction of sp³-hybridized carbons (Fsp3) is 0.692. The molecule has 34 heavy (non-hydrogen) atoms. The molecule has 0 atom stereocenters. The lowest BCUT2D eigenvalue weighted by atomic mass is 9.78. The maximum atomic E-state index is 12.9. The number of carbonyl (C=O) groups is 4. The van der Waals surface area contributed by atoms with Crippen LogP contribution in [0.2, 0.25) is 0 Å². The van der Waals surface area contributed by atoms with Gasteiger partial charge in [-0.1, -0.05) is 12.8 Å². The third-order valence-electron chi connectivity index (χ3n) is 5.49. The van der Waals surface area contributed by atoms with Gasteiger partial charge in [-0.2, -0.15) is 0 Å². The van der Waals surface area contributed by atoms with Crippen LogP contribution in [0.5, 0.6) is 0 Å². The topological polar surface area (TPSA) is 105 Å². The van der Waals surface area contributed by atoms with Gasteiger partial charge in [0.25, 0.3) is 0 Å². The lowest BCUT2D eigenvalue weighted by molar-refractivity contribution is -0.174. The molecule has 8 nitrogen and oxygen atoms in total. The van der Waals surface area contributed by atoms with Crippen LogP contribution in [0.1, 0.15) is 79.1 Å². The molecule has 1 rings (SSSR count). The summed E-state index contributed by atoms with van der Waals surface area (Å²) in [5.41, 5.74) is -3.29. The van der Waals surface area contributed by atoms with E-state index in [1.54, 1.807) is 27.7 Å². The fourth-order valence-corrected chi connectivity index (χ4v) is 3.58. The first-order valence-electron chi connectivity index (χ1n) is 11.9. The van der Waals surface area contributed by atoms with Crippen molar-refractivity contribution in [3.05, 3.63) is 0 Å². The smallest absolute Gasteiger partial charge is 0.325 e. The number of rotatable bonds is 8. The molecule has 0 aromatic heterocycles. The van der Waals surface area contributed by atoms with Crippen LogP contribution in [-0.4, -0.2) is 50.3 Å². The van der Waals surface area contributed by atoms with Crippen molar-refractivity contribution in [1.82, 2.24) is 0 Å². The van der Waals surface area contributed by atoms with Gasteiger partial charge in [-0.05, 0) is 40.5 Å². The zero-order valence-electron chi connectivity index (χ0n) is 20.8. The van der Waals surface area contributed by atoms with E-state index in [1.165, 1.54) is 0 Å². The van der Waals surface area contributed by atoms with E-state index in [-0.39, 0.29) is 52.1 Å². The van der Waals surface area contributed by atoms with E-state index in [9.17, 15) is 19.2 Å². The van der Waals surface area contributed by atoms with Crippen LogP contribution in [0.15, 0.2) is 0 Å². The molecular weight excluding hydrogens is 440 g/mol. The molecule has 188 valence electrons. The Balaban J connectivity index is 3.48. The highest BCUT2D eigenvalue weighted by Crippen LogP contribution is 2.34. The van der Waals surface area contributed by atoms with Crippen LogP contribution in [-0.2, 0) is 38.1 Å². The maximum absolute atomic E-state index is 12.9. The summed E-state index contributed by atoms with van der Waals surface area (Å²) in [4.78, 5) is 51.6. The standard InChI is InChI=1S/C26H36O8/c1-5-31-21(27)25(22(28)32-6-2)17-13-11-9-10-12-14-18-26(20-16-15-19-25,23(29)33-7-3)24(30)34-8-4/h5-11,13,17-20H2,1-4H3. The van der Waals surface area contributed by atoms with Gasteiger partial charge in [0.05, 0.1) is 26.4 Å². The highest BCUT2D eigenvalue weighted by molar-refractivity contribution is 6.01. The second kappa shape index (κ2) is 15.0. The summed E-state index contributed by atoms with van der Waals surface area (Å²) in [6.45, 7) is 6.99. The van der Waals surface area contributed by atoms with E-state index in [4.69, 9.17) is 18.9 Å².